The molecule has 0 saturated heterocycles. The fraction of sp³-hybridized carbons (Fsp3) is 0.867. The lowest BCUT2D eigenvalue weighted by Crippen LogP contribution is -2.40. The second-order valence-electron chi connectivity index (χ2n) is 6.05. The molecule has 6 atom stereocenters. The molecule has 2 saturated carbocycles. The van der Waals surface area contributed by atoms with Crippen molar-refractivity contribution in [3.05, 3.63) is 12.7 Å². The van der Waals surface area contributed by atoms with Crippen LogP contribution in [0, 0.1) is 23.7 Å². The summed E-state index contributed by atoms with van der Waals surface area (Å²) >= 11 is 0. The molecule has 0 aromatic rings. The van der Waals surface area contributed by atoms with Gasteiger partial charge in [0.25, 0.3) is 0 Å². The molecule has 0 spiro atoms. The van der Waals surface area contributed by atoms with Crippen LogP contribution in [-0.4, -0.2) is 17.4 Å². The topological polar surface area (TPSA) is 20.2 Å². The molecule has 2 aliphatic carbocycles. The van der Waals surface area contributed by atoms with Gasteiger partial charge in [-0.1, -0.05) is 19.4 Å². The van der Waals surface area contributed by atoms with E-state index in [1.807, 2.05) is 13.0 Å². The van der Waals surface area contributed by atoms with E-state index in [1.54, 1.807) is 0 Å². The Morgan fingerprint density at radius 2 is 1.94 bits per heavy atom. The third kappa shape index (κ3) is 2.73. The summed E-state index contributed by atoms with van der Waals surface area (Å²) < 4.78 is 14.3. The van der Waals surface area contributed by atoms with E-state index in [2.05, 4.69) is 6.58 Å². The average molecular weight is 240 g/mol. The predicted octanol–water partition coefficient (Wildman–Crippen LogP) is 3.72. The van der Waals surface area contributed by atoms with Crippen LogP contribution >= 0.6 is 0 Å². The van der Waals surface area contributed by atoms with Gasteiger partial charge in [0.2, 0.25) is 0 Å². The zero-order valence-electron chi connectivity index (χ0n) is 10.8. The van der Waals surface area contributed by atoms with Crippen LogP contribution in [0.25, 0.3) is 0 Å². The van der Waals surface area contributed by atoms with E-state index < -0.39 is 6.17 Å². The van der Waals surface area contributed by atoms with E-state index >= 15 is 0 Å². The van der Waals surface area contributed by atoms with Crippen LogP contribution in [-0.2, 0) is 0 Å². The Balaban J connectivity index is 2.09. The summed E-state index contributed by atoms with van der Waals surface area (Å²) in [6.07, 6.45) is 6.85. The lowest BCUT2D eigenvalue weighted by molar-refractivity contribution is -0.000483. The minimum atomic E-state index is -0.679. The first-order valence-electron chi connectivity index (χ1n) is 7.08. The van der Waals surface area contributed by atoms with Crippen LogP contribution in [0.5, 0.6) is 0 Å². The van der Waals surface area contributed by atoms with Gasteiger partial charge in [0.15, 0.2) is 0 Å². The van der Waals surface area contributed by atoms with Crippen LogP contribution in [0.4, 0.5) is 4.39 Å². The predicted molar refractivity (Wildman–Crippen MR) is 68.4 cm³/mol. The molecule has 98 valence electrons. The maximum atomic E-state index is 14.3. The summed E-state index contributed by atoms with van der Waals surface area (Å²) in [5, 5.41) is 9.82. The third-order valence-electron chi connectivity index (χ3n) is 4.93. The first kappa shape index (κ1) is 13.1. The Morgan fingerprint density at radius 1 is 1.18 bits per heavy atom. The van der Waals surface area contributed by atoms with Gasteiger partial charge in [-0.3, -0.25) is 0 Å². The molecule has 1 N–H and O–H groups in total. The van der Waals surface area contributed by atoms with Crippen LogP contribution in [0.15, 0.2) is 12.7 Å². The molecule has 2 heteroatoms. The quantitative estimate of drug-likeness (QED) is 0.729. The van der Waals surface area contributed by atoms with Crippen molar-refractivity contribution in [1.29, 1.82) is 0 Å². The number of rotatable bonds is 2. The highest BCUT2D eigenvalue weighted by molar-refractivity contribution is 4.96. The lowest BCUT2D eigenvalue weighted by Gasteiger charge is -2.42. The van der Waals surface area contributed by atoms with Crippen LogP contribution in [0.1, 0.15) is 45.4 Å². The Morgan fingerprint density at radius 3 is 2.65 bits per heavy atom. The molecular weight excluding hydrogens is 215 g/mol. The van der Waals surface area contributed by atoms with Crippen molar-refractivity contribution < 1.29 is 9.50 Å². The number of aliphatic hydroxyl groups is 1. The molecule has 0 amide bonds. The summed E-state index contributed by atoms with van der Waals surface area (Å²) in [4.78, 5) is 0. The molecule has 6 unspecified atom stereocenters. The van der Waals surface area contributed by atoms with Gasteiger partial charge in [-0.2, -0.15) is 0 Å². The van der Waals surface area contributed by atoms with Gasteiger partial charge in [-0.15, -0.1) is 6.58 Å². The zero-order chi connectivity index (χ0) is 12.4. The van der Waals surface area contributed by atoms with Gasteiger partial charge in [0.05, 0.1) is 6.10 Å². The highest BCUT2D eigenvalue weighted by Gasteiger charge is 2.41. The Bertz CT molecular complexity index is 266. The highest BCUT2D eigenvalue weighted by Crippen LogP contribution is 2.44. The average Bonchev–Trinajstić information content (AvgIpc) is 2.33. The van der Waals surface area contributed by atoms with Crippen molar-refractivity contribution in [3.8, 4) is 0 Å². The number of hydrogen-bond acceptors (Lipinski definition) is 1. The second-order valence-corrected chi connectivity index (χ2v) is 6.05. The summed E-state index contributed by atoms with van der Waals surface area (Å²) in [7, 11) is 0. The number of allylic oxidation sites excluding steroid dienone is 1. The third-order valence-corrected chi connectivity index (χ3v) is 4.93. The van der Waals surface area contributed by atoms with Crippen molar-refractivity contribution in [2.45, 2.75) is 57.7 Å². The fourth-order valence-electron chi connectivity index (χ4n) is 3.86. The molecule has 2 fully saturated rings. The maximum absolute atomic E-state index is 14.3. The number of hydrogen-bond donors (Lipinski definition) is 1. The van der Waals surface area contributed by atoms with Crippen LogP contribution in [0.2, 0.25) is 0 Å². The number of halogens is 1. The van der Waals surface area contributed by atoms with E-state index in [9.17, 15) is 9.50 Å². The minimum Gasteiger partial charge on any atom is -0.393 e. The minimum absolute atomic E-state index is 0.150. The second kappa shape index (κ2) is 5.51. The number of alkyl halides is 1. The van der Waals surface area contributed by atoms with Gasteiger partial charge in [-0.25, -0.2) is 4.39 Å². The van der Waals surface area contributed by atoms with Crippen molar-refractivity contribution in [3.63, 3.8) is 0 Å². The molecule has 0 radical (unpaired) electrons. The normalized spacial score (nSPS) is 47.7. The van der Waals surface area contributed by atoms with Gasteiger partial charge < -0.3 is 5.11 Å². The molecule has 2 aliphatic rings. The summed E-state index contributed by atoms with van der Waals surface area (Å²) in [5.74, 6) is 1.07. The Hall–Kier alpha value is -0.370. The largest absolute Gasteiger partial charge is 0.393 e. The Labute approximate surface area is 104 Å². The fourth-order valence-corrected chi connectivity index (χ4v) is 3.86. The van der Waals surface area contributed by atoms with Crippen molar-refractivity contribution in [2.75, 3.05) is 0 Å². The molecule has 2 rings (SSSR count). The standard InChI is InChI=1S/C15H25FO/c1-3-11-7-8-12(17)9-14(11)13-6-4-5-10(2)15(13)16/h3,10-15,17H,1,4-9H2,2H3. The summed E-state index contributed by atoms with van der Waals surface area (Å²) in [6, 6.07) is 0. The molecule has 0 bridgehead atoms. The van der Waals surface area contributed by atoms with Gasteiger partial charge in [0, 0.05) is 0 Å². The van der Waals surface area contributed by atoms with E-state index in [0.29, 0.717) is 11.8 Å². The first-order valence-corrected chi connectivity index (χ1v) is 7.08. The number of aliphatic hydroxyl groups excluding tert-OH is 1. The smallest absolute Gasteiger partial charge is 0.106 e. The van der Waals surface area contributed by atoms with Crippen molar-refractivity contribution in [2.24, 2.45) is 23.7 Å². The highest BCUT2D eigenvalue weighted by atomic mass is 19.1. The molecule has 0 aromatic carbocycles. The molecule has 17 heavy (non-hydrogen) atoms. The van der Waals surface area contributed by atoms with E-state index in [4.69, 9.17) is 0 Å². The van der Waals surface area contributed by atoms with Crippen LogP contribution in [0.3, 0.4) is 0 Å². The molecule has 0 aromatic heterocycles. The van der Waals surface area contributed by atoms with E-state index in [-0.39, 0.29) is 17.9 Å². The van der Waals surface area contributed by atoms with E-state index in [1.165, 1.54) is 0 Å². The molecule has 0 aliphatic heterocycles. The van der Waals surface area contributed by atoms with Crippen LogP contribution < -0.4 is 0 Å². The Kier molecular flexibility index (Phi) is 4.24. The maximum Gasteiger partial charge on any atom is 0.106 e. The monoisotopic (exact) mass is 240 g/mol. The summed E-state index contributed by atoms with van der Waals surface area (Å²) in [6.45, 7) is 5.92. The van der Waals surface area contributed by atoms with Gasteiger partial charge in [0.1, 0.15) is 6.17 Å². The SMILES string of the molecule is C=CC1CCC(O)CC1C1CCCC(C)C1F. The lowest BCUT2D eigenvalue weighted by atomic mass is 9.65. The molecular formula is C15H25FO. The first-order chi connectivity index (χ1) is 8.13. The van der Waals surface area contributed by atoms with Crippen molar-refractivity contribution >= 4 is 0 Å². The van der Waals surface area contributed by atoms with Gasteiger partial charge in [-0.05, 0) is 55.8 Å². The van der Waals surface area contributed by atoms with Gasteiger partial charge >= 0.3 is 0 Å². The van der Waals surface area contributed by atoms with E-state index in [0.717, 1.165) is 38.5 Å². The zero-order valence-corrected chi connectivity index (χ0v) is 10.8. The molecule has 0 heterocycles. The molecule has 1 nitrogen and oxygen atoms in total. The van der Waals surface area contributed by atoms with Crippen molar-refractivity contribution in [1.82, 2.24) is 0 Å². The summed E-state index contributed by atoms with van der Waals surface area (Å²) in [5.41, 5.74) is 0.